The molecule has 3 aliphatic heterocycles. The first kappa shape index (κ1) is 26.8. The minimum Gasteiger partial charge on any atom is -0.490 e. The second-order valence-electron chi connectivity index (χ2n) is 12.1. The number of hydrogen-bond donors (Lipinski definition) is 1. The van der Waals surface area contributed by atoms with E-state index in [-0.39, 0.29) is 5.91 Å². The molecule has 1 amide bonds. The largest absolute Gasteiger partial charge is 0.490 e. The maximum absolute atomic E-state index is 14.0. The van der Waals surface area contributed by atoms with Crippen LogP contribution in [-0.2, 0) is 18.4 Å². The first-order valence-corrected chi connectivity index (χ1v) is 14.8. The first-order chi connectivity index (χ1) is 19.3. The normalized spacial score (nSPS) is 24.8. The van der Waals surface area contributed by atoms with E-state index in [0.717, 1.165) is 92.3 Å². The van der Waals surface area contributed by atoms with E-state index in [0.29, 0.717) is 25.1 Å². The number of piperazine rings is 1. The number of hydrogen-bond acceptors (Lipinski definition) is 6. The third-order valence-corrected chi connectivity index (χ3v) is 8.78. The summed E-state index contributed by atoms with van der Waals surface area (Å²) in [5.41, 5.74) is 4.69. The monoisotopic (exact) mass is 542 g/mol. The average molecular weight is 543 g/mol. The molecule has 1 aliphatic carbocycles. The van der Waals surface area contributed by atoms with E-state index >= 15 is 0 Å². The van der Waals surface area contributed by atoms with Gasteiger partial charge in [0.1, 0.15) is 17.1 Å². The van der Waals surface area contributed by atoms with Crippen LogP contribution in [0.2, 0.25) is 0 Å². The summed E-state index contributed by atoms with van der Waals surface area (Å²) in [4.78, 5) is 23.3. The van der Waals surface area contributed by atoms with Crippen molar-refractivity contribution in [3.05, 3.63) is 60.1 Å². The Morgan fingerprint density at radius 2 is 1.98 bits per heavy atom. The van der Waals surface area contributed by atoms with E-state index < -0.39 is 5.54 Å². The number of ether oxygens (including phenoxy) is 1. The van der Waals surface area contributed by atoms with Crippen molar-refractivity contribution in [3.8, 4) is 16.9 Å². The first-order valence-electron chi connectivity index (χ1n) is 14.8. The predicted molar refractivity (Wildman–Crippen MR) is 158 cm³/mol. The Kier molecular flexibility index (Phi) is 7.29. The van der Waals surface area contributed by atoms with E-state index in [1.807, 2.05) is 35.0 Å². The van der Waals surface area contributed by atoms with Crippen molar-refractivity contribution in [1.82, 2.24) is 24.9 Å². The van der Waals surface area contributed by atoms with Crippen LogP contribution >= 0.6 is 0 Å². The van der Waals surface area contributed by atoms with Crippen LogP contribution < -0.4 is 10.1 Å². The van der Waals surface area contributed by atoms with Gasteiger partial charge in [0.2, 0.25) is 5.91 Å². The summed E-state index contributed by atoms with van der Waals surface area (Å²) in [6.45, 7) is 12.2. The molecule has 1 spiro atoms. The third kappa shape index (κ3) is 5.59. The number of nitrogens with one attached hydrogen (secondary N) is 1. The Bertz CT molecular complexity index is 1340. The Morgan fingerprint density at radius 1 is 1.18 bits per heavy atom. The molecular formula is C32H42N6O2. The van der Waals surface area contributed by atoms with Crippen molar-refractivity contribution < 1.29 is 9.53 Å². The highest BCUT2D eigenvalue weighted by Gasteiger charge is 2.46. The van der Waals surface area contributed by atoms with Gasteiger partial charge in [-0.15, -0.1) is 0 Å². The van der Waals surface area contributed by atoms with Crippen LogP contribution in [0.5, 0.6) is 5.75 Å². The molecule has 0 radical (unpaired) electrons. The second kappa shape index (κ2) is 10.9. The van der Waals surface area contributed by atoms with Crippen LogP contribution in [0.1, 0.15) is 58.1 Å². The van der Waals surface area contributed by atoms with Crippen molar-refractivity contribution in [2.45, 2.75) is 70.6 Å². The van der Waals surface area contributed by atoms with E-state index in [1.165, 1.54) is 5.57 Å². The van der Waals surface area contributed by atoms with Gasteiger partial charge in [0.05, 0.1) is 24.0 Å². The summed E-state index contributed by atoms with van der Waals surface area (Å²) >= 11 is 0. The lowest BCUT2D eigenvalue weighted by molar-refractivity contribution is -0.144. The highest BCUT2D eigenvalue weighted by molar-refractivity contribution is 5.89. The van der Waals surface area contributed by atoms with Gasteiger partial charge in [-0.05, 0) is 69.2 Å². The van der Waals surface area contributed by atoms with E-state index in [1.54, 1.807) is 0 Å². The van der Waals surface area contributed by atoms with Gasteiger partial charge in [-0.25, -0.2) is 4.99 Å². The van der Waals surface area contributed by atoms with Gasteiger partial charge < -0.3 is 19.9 Å². The molecule has 4 aliphatic rings. The SMILES string of the molecule is C=C1/C=C(/C)CCC(C)C(N2CCC3(CC2)NCCN(Cc2nn(C)cc2-c2cccc(OC4CC4)c2)C3=O)=N1. The molecule has 212 valence electrons. The Morgan fingerprint density at radius 3 is 2.75 bits per heavy atom. The number of aryl methyl sites for hydroxylation is 1. The van der Waals surface area contributed by atoms with Crippen LogP contribution in [-0.4, -0.2) is 69.1 Å². The highest BCUT2D eigenvalue weighted by Crippen LogP contribution is 2.33. The molecule has 1 unspecified atom stereocenters. The van der Waals surface area contributed by atoms with Gasteiger partial charge in [-0.3, -0.25) is 9.48 Å². The summed E-state index contributed by atoms with van der Waals surface area (Å²) in [5, 5.41) is 8.41. The number of carbonyl (C=O) groups excluding carboxylic acids is 1. The van der Waals surface area contributed by atoms with Crippen LogP contribution in [0.15, 0.2) is 59.4 Å². The van der Waals surface area contributed by atoms with Crippen molar-refractivity contribution in [2.24, 2.45) is 18.0 Å². The van der Waals surface area contributed by atoms with Gasteiger partial charge >= 0.3 is 0 Å². The molecule has 4 heterocycles. The molecule has 2 aromatic rings. The number of aliphatic imine (C=N–C) groups is 1. The zero-order chi connectivity index (χ0) is 27.9. The number of aromatic nitrogens is 2. The summed E-state index contributed by atoms with van der Waals surface area (Å²) in [6, 6.07) is 8.25. The predicted octanol–water partition coefficient (Wildman–Crippen LogP) is 4.68. The molecule has 1 aromatic heterocycles. The molecule has 1 aromatic carbocycles. The zero-order valence-electron chi connectivity index (χ0n) is 24.2. The molecule has 40 heavy (non-hydrogen) atoms. The minimum atomic E-state index is -0.527. The summed E-state index contributed by atoms with van der Waals surface area (Å²) < 4.78 is 7.89. The zero-order valence-corrected chi connectivity index (χ0v) is 24.2. The van der Waals surface area contributed by atoms with Crippen LogP contribution in [0.25, 0.3) is 11.1 Å². The number of rotatable bonds is 5. The Balaban J connectivity index is 1.16. The fourth-order valence-corrected chi connectivity index (χ4v) is 6.36. The fraction of sp³-hybridized carbons (Fsp3) is 0.531. The molecular weight excluding hydrogens is 500 g/mol. The summed E-state index contributed by atoms with van der Waals surface area (Å²) in [6.07, 6.45) is 10.5. The van der Waals surface area contributed by atoms with Crippen molar-refractivity contribution in [2.75, 3.05) is 26.2 Å². The topological polar surface area (TPSA) is 75.0 Å². The number of piperidine rings is 1. The second-order valence-corrected chi connectivity index (χ2v) is 12.1. The molecule has 8 heteroatoms. The Hall–Kier alpha value is -3.39. The fourth-order valence-electron chi connectivity index (χ4n) is 6.36. The lowest BCUT2D eigenvalue weighted by Crippen LogP contribution is -2.67. The molecule has 3 fully saturated rings. The lowest BCUT2D eigenvalue weighted by Gasteiger charge is -2.48. The third-order valence-electron chi connectivity index (χ3n) is 8.78. The smallest absolute Gasteiger partial charge is 0.243 e. The number of likely N-dealkylation sites (tertiary alicyclic amines) is 1. The number of amides is 1. The maximum Gasteiger partial charge on any atom is 0.243 e. The van der Waals surface area contributed by atoms with Gasteiger partial charge in [0.15, 0.2) is 0 Å². The highest BCUT2D eigenvalue weighted by atomic mass is 16.5. The summed E-state index contributed by atoms with van der Waals surface area (Å²) in [7, 11) is 1.94. The molecule has 6 rings (SSSR count). The van der Waals surface area contributed by atoms with E-state index in [2.05, 4.69) is 48.9 Å². The summed E-state index contributed by atoms with van der Waals surface area (Å²) in [5.74, 6) is 2.58. The molecule has 1 saturated carbocycles. The number of benzene rings is 1. The van der Waals surface area contributed by atoms with Crippen LogP contribution in [0.3, 0.4) is 0 Å². The number of nitrogens with zero attached hydrogens (tertiary/aromatic N) is 5. The van der Waals surface area contributed by atoms with E-state index in [9.17, 15) is 4.79 Å². The molecule has 1 atom stereocenters. The van der Waals surface area contributed by atoms with E-state index in [4.69, 9.17) is 14.8 Å². The molecule has 0 bridgehead atoms. The van der Waals surface area contributed by atoms with Crippen molar-refractivity contribution in [1.29, 1.82) is 0 Å². The van der Waals surface area contributed by atoms with Crippen LogP contribution in [0.4, 0.5) is 0 Å². The lowest BCUT2D eigenvalue weighted by atomic mass is 9.83. The molecule has 2 saturated heterocycles. The van der Waals surface area contributed by atoms with Gasteiger partial charge in [0, 0.05) is 50.9 Å². The van der Waals surface area contributed by atoms with Crippen LogP contribution in [0, 0.1) is 5.92 Å². The maximum atomic E-state index is 14.0. The minimum absolute atomic E-state index is 0.191. The van der Waals surface area contributed by atoms with Crippen molar-refractivity contribution in [3.63, 3.8) is 0 Å². The van der Waals surface area contributed by atoms with Crippen molar-refractivity contribution >= 4 is 11.7 Å². The molecule has 1 N–H and O–H groups in total. The van der Waals surface area contributed by atoms with Gasteiger partial charge in [-0.2, -0.15) is 5.10 Å². The number of carbonyl (C=O) groups is 1. The Labute approximate surface area is 237 Å². The number of allylic oxidation sites excluding steroid dienone is 2. The average Bonchev–Trinajstić information content (AvgIpc) is 3.67. The molecule has 8 nitrogen and oxygen atoms in total. The van der Waals surface area contributed by atoms with Gasteiger partial charge in [-0.1, -0.05) is 31.2 Å². The quantitative estimate of drug-likeness (QED) is 0.594. The van der Waals surface area contributed by atoms with Gasteiger partial charge in [0.25, 0.3) is 0 Å². The standard InChI is InChI=1S/C32H42N6O2/c1-22-8-9-23(2)30(34-24(3)18-22)37-15-12-32(13-16-37)31(39)38(17-14-33-32)21-29-28(20-36(4)35-29)25-6-5-7-27(19-25)40-26-10-11-26/h5-7,18-20,23,26,33H,3,8-17,21H2,1-2,4H3/b22-18-,34-30?. The number of amidine groups is 1.